The first-order valence-electron chi connectivity index (χ1n) is 19.6. The van der Waals surface area contributed by atoms with Gasteiger partial charge >= 0.3 is 0 Å². The Labute approximate surface area is 345 Å². The van der Waals surface area contributed by atoms with Crippen LogP contribution < -0.4 is 10.6 Å². The SMILES string of the molecule is O=C(/C=C/c1ccc(O)cc1)NCCCCN(CCCN(CCCCNC(=O)/C=C/c1ccc(O)cc1)C(=O)/C=C/c1ccc(O)cc1)C(=O)/C=C/c1ccc(O)cc1. The molecule has 59 heavy (non-hydrogen) atoms. The molecular formula is C47H52N4O8. The molecule has 0 saturated heterocycles. The molecule has 0 aromatic heterocycles. The monoisotopic (exact) mass is 800 g/mol. The molecule has 4 rings (SSSR count). The maximum absolute atomic E-state index is 13.5. The van der Waals surface area contributed by atoms with E-state index in [2.05, 4.69) is 10.6 Å². The van der Waals surface area contributed by atoms with Gasteiger partial charge in [0.15, 0.2) is 0 Å². The summed E-state index contributed by atoms with van der Waals surface area (Å²) in [6.45, 7) is 2.41. The normalized spacial score (nSPS) is 11.4. The zero-order valence-corrected chi connectivity index (χ0v) is 33.0. The van der Waals surface area contributed by atoms with Gasteiger partial charge in [0.05, 0.1) is 0 Å². The number of unbranched alkanes of at least 4 members (excludes halogenated alkanes) is 2. The molecule has 4 amide bonds. The van der Waals surface area contributed by atoms with Crippen LogP contribution in [0.15, 0.2) is 121 Å². The number of hydrogen-bond acceptors (Lipinski definition) is 8. The highest BCUT2D eigenvalue weighted by Crippen LogP contribution is 2.14. The Morgan fingerprint density at radius 1 is 0.390 bits per heavy atom. The van der Waals surface area contributed by atoms with Crippen molar-refractivity contribution in [2.45, 2.75) is 32.1 Å². The van der Waals surface area contributed by atoms with E-state index < -0.39 is 0 Å². The van der Waals surface area contributed by atoms with Gasteiger partial charge in [-0.25, -0.2) is 0 Å². The van der Waals surface area contributed by atoms with Crippen molar-refractivity contribution in [1.82, 2.24) is 20.4 Å². The standard InChI is InChI=1S/C47H52N4O8/c52-40-18-6-36(7-19-40)14-26-44(56)48-30-1-3-32-50(46(58)28-16-38-10-22-42(54)23-11-38)34-5-35-51(47(59)29-17-39-12-24-43(55)25-13-39)33-4-2-31-49-45(57)27-15-37-8-20-41(53)21-9-37/h6-29,52-55H,1-5,30-35H2,(H,48,56)(H,49,57)/b26-14+,27-15+,28-16+,29-17+. The zero-order valence-electron chi connectivity index (χ0n) is 33.0. The molecule has 12 nitrogen and oxygen atoms in total. The minimum Gasteiger partial charge on any atom is -0.508 e. The van der Waals surface area contributed by atoms with E-state index in [1.165, 1.54) is 24.3 Å². The van der Waals surface area contributed by atoms with Gasteiger partial charge in [0.25, 0.3) is 0 Å². The zero-order chi connectivity index (χ0) is 42.2. The highest BCUT2D eigenvalue weighted by Gasteiger charge is 2.15. The van der Waals surface area contributed by atoms with E-state index in [0.29, 0.717) is 71.4 Å². The van der Waals surface area contributed by atoms with Crippen molar-refractivity contribution in [3.63, 3.8) is 0 Å². The fraction of sp³-hybridized carbons (Fsp3) is 0.234. The smallest absolute Gasteiger partial charge is 0.246 e. The van der Waals surface area contributed by atoms with E-state index >= 15 is 0 Å². The van der Waals surface area contributed by atoms with E-state index in [1.807, 2.05) is 0 Å². The number of benzene rings is 4. The summed E-state index contributed by atoms with van der Waals surface area (Å²) >= 11 is 0. The summed E-state index contributed by atoms with van der Waals surface area (Å²) in [4.78, 5) is 55.1. The second-order valence-corrected chi connectivity index (χ2v) is 13.7. The largest absolute Gasteiger partial charge is 0.508 e. The third-order valence-electron chi connectivity index (χ3n) is 9.05. The van der Waals surface area contributed by atoms with Crippen LogP contribution in [-0.4, -0.2) is 93.1 Å². The van der Waals surface area contributed by atoms with Crippen LogP contribution in [0, 0.1) is 0 Å². The average Bonchev–Trinajstić information content (AvgIpc) is 3.23. The molecule has 0 aliphatic rings. The van der Waals surface area contributed by atoms with Crippen LogP contribution in [0.5, 0.6) is 23.0 Å². The molecule has 4 aromatic rings. The van der Waals surface area contributed by atoms with Gasteiger partial charge in [-0.1, -0.05) is 48.5 Å². The van der Waals surface area contributed by atoms with E-state index in [4.69, 9.17) is 0 Å². The summed E-state index contributed by atoms with van der Waals surface area (Å²) < 4.78 is 0. The number of carbonyl (C=O) groups excluding carboxylic acids is 4. The fourth-order valence-electron chi connectivity index (χ4n) is 5.74. The number of amides is 4. The van der Waals surface area contributed by atoms with Gasteiger partial charge in [0.1, 0.15) is 23.0 Å². The highest BCUT2D eigenvalue weighted by atomic mass is 16.3. The third-order valence-corrected chi connectivity index (χ3v) is 9.05. The lowest BCUT2D eigenvalue weighted by Gasteiger charge is -2.25. The number of nitrogens with one attached hydrogen (secondary N) is 2. The number of nitrogens with zero attached hydrogens (tertiary/aromatic N) is 2. The quantitative estimate of drug-likeness (QED) is 0.0385. The van der Waals surface area contributed by atoms with Crippen LogP contribution in [0.25, 0.3) is 24.3 Å². The minimum absolute atomic E-state index is 0.124. The summed E-state index contributed by atoms with van der Waals surface area (Å²) in [5, 5.41) is 43.9. The summed E-state index contributed by atoms with van der Waals surface area (Å²) in [7, 11) is 0. The van der Waals surface area contributed by atoms with Crippen molar-refractivity contribution in [2.75, 3.05) is 39.3 Å². The van der Waals surface area contributed by atoms with Crippen molar-refractivity contribution in [1.29, 1.82) is 0 Å². The number of phenolic OH excluding ortho intramolecular Hbond substituents is 4. The van der Waals surface area contributed by atoms with E-state index in [1.54, 1.807) is 131 Å². The lowest BCUT2D eigenvalue weighted by atomic mass is 10.2. The van der Waals surface area contributed by atoms with E-state index in [0.717, 1.165) is 22.3 Å². The number of carbonyl (C=O) groups is 4. The first-order valence-corrected chi connectivity index (χ1v) is 19.6. The molecule has 0 atom stereocenters. The Hall–Kier alpha value is -7.08. The molecule has 0 saturated carbocycles. The first-order chi connectivity index (χ1) is 28.5. The lowest BCUT2D eigenvalue weighted by Crippen LogP contribution is -2.36. The van der Waals surface area contributed by atoms with Gasteiger partial charge in [0, 0.05) is 63.6 Å². The number of rotatable bonds is 22. The van der Waals surface area contributed by atoms with Crippen LogP contribution in [-0.2, 0) is 19.2 Å². The molecule has 0 aliphatic heterocycles. The fourth-order valence-corrected chi connectivity index (χ4v) is 5.74. The second kappa shape index (κ2) is 24.5. The van der Waals surface area contributed by atoms with Gasteiger partial charge in [0.2, 0.25) is 23.6 Å². The molecule has 0 aliphatic carbocycles. The summed E-state index contributed by atoms with van der Waals surface area (Å²) in [5.74, 6) is -0.384. The predicted molar refractivity (Wildman–Crippen MR) is 231 cm³/mol. The molecule has 4 aromatic carbocycles. The van der Waals surface area contributed by atoms with Crippen LogP contribution in [0.3, 0.4) is 0 Å². The molecule has 6 N–H and O–H groups in total. The van der Waals surface area contributed by atoms with E-state index in [9.17, 15) is 39.6 Å². The van der Waals surface area contributed by atoms with Crippen molar-refractivity contribution < 1.29 is 39.6 Å². The molecule has 12 heteroatoms. The van der Waals surface area contributed by atoms with Gasteiger partial charge in [-0.2, -0.15) is 0 Å². The van der Waals surface area contributed by atoms with Crippen molar-refractivity contribution in [3.8, 4) is 23.0 Å². The number of aromatic hydroxyl groups is 4. The lowest BCUT2D eigenvalue weighted by molar-refractivity contribution is -0.127. The number of phenols is 4. The Balaban J connectivity index is 1.32. The Morgan fingerprint density at radius 2 is 0.661 bits per heavy atom. The molecule has 0 fully saturated rings. The van der Waals surface area contributed by atoms with Crippen molar-refractivity contribution >= 4 is 47.9 Å². The van der Waals surface area contributed by atoms with Crippen LogP contribution in [0.2, 0.25) is 0 Å². The molecule has 0 heterocycles. The van der Waals surface area contributed by atoms with Crippen LogP contribution in [0.4, 0.5) is 0 Å². The molecule has 308 valence electrons. The highest BCUT2D eigenvalue weighted by molar-refractivity contribution is 5.93. The van der Waals surface area contributed by atoms with Gasteiger partial charge in [-0.15, -0.1) is 0 Å². The summed E-state index contributed by atoms with van der Waals surface area (Å²) in [5.41, 5.74) is 3.06. The topological polar surface area (TPSA) is 180 Å². The van der Waals surface area contributed by atoms with Gasteiger partial charge in [-0.3, -0.25) is 19.2 Å². The average molecular weight is 801 g/mol. The first kappa shape index (κ1) is 44.6. The van der Waals surface area contributed by atoms with Crippen molar-refractivity contribution in [3.05, 3.63) is 144 Å². The number of hydrogen-bond donors (Lipinski definition) is 6. The summed E-state index contributed by atoms with van der Waals surface area (Å²) in [6, 6.07) is 26.0. The molecule has 0 bridgehead atoms. The molecular weight excluding hydrogens is 749 g/mol. The Bertz CT molecular complexity index is 1910. The van der Waals surface area contributed by atoms with Crippen molar-refractivity contribution in [2.24, 2.45) is 0 Å². The van der Waals surface area contributed by atoms with Gasteiger partial charge in [-0.05, 0) is 127 Å². The van der Waals surface area contributed by atoms with Crippen LogP contribution >= 0.6 is 0 Å². The maximum atomic E-state index is 13.5. The molecule has 0 unspecified atom stereocenters. The van der Waals surface area contributed by atoms with E-state index in [-0.39, 0.29) is 46.6 Å². The second-order valence-electron chi connectivity index (χ2n) is 13.7. The third kappa shape index (κ3) is 17.7. The maximum Gasteiger partial charge on any atom is 0.246 e. The predicted octanol–water partition coefficient (Wildman–Crippen LogP) is 6.50. The molecule has 0 radical (unpaired) electrons. The minimum atomic E-state index is -0.253. The molecule has 0 spiro atoms. The Morgan fingerprint density at radius 3 is 0.966 bits per heavy atom. The Kier molecular flexibility index (Phi) is 18.6. The van der Waals surface area contributed by atoms with Gasteiger partial charge < -0.3 is 40.9 Å². The summed E-state index contributed by atoms with van der Waals surface area (Å²) in [6.07, 6.45) is 15.5. The van der Waals surface area contributed by atoms with Crippen LogP contribution in [0.1, 0.15) is 54.4 Å².